The van der Waals surface area contributed by atoms with Crippen LogP contribution in [0.3, 0.4) is 0 Å². The molecule has 9 heteroatoms. The number of nitrogens with zero attached hydrogens (tertiary/aromatic N) is 4. The average molecular weight is 462 g/mol. The molecule has 0 saturated heterocycles. The molecule has 2 aromatic carbocycles. The van der Waals surface area contributed by atoms with Gasteiger partial charge in [-0.1, -0.05) is 24.3 Å². The molecule has 1 aliphatic carbocycles. The van der Waals surface area contributed by atoms with Crippen molar-refractivity contribution in [3.05, 3.63) is 93.7 Å². The Morgan fingerprint density at radius 1 is 1.18 bits per heavy atom. The highest BCUT2D eigenvalue weighted by atomic mass is 32.1. The van der Waals surface area contributed by atoms with E-state index >= 15 is 0 Å². The van der Waals surface area contributed by atoms with Crippen LogP contribution in [0.5, 0.6) is 0 Å². The molecule has 6 rings (SSSR count). The third kappa shape index (κ3) is 3.09. The number of aliphatic imine (C=N–C) groups is 1. The molecule has 1 aliphatic heterocycles. The Balaban J connectivity index is 1.60. The van der Waals surface area contributed by atoms with Crippen LogP contribution in [0.25, 0.3) is 22.0 Å². The lowest BCUT2D eigenvalue weighted by Gasteiger charge is -2.30. The number of carbonyl (C=O) groups excluding carboxylic acids is 1. The first kappa shape index (κ1) is 20.0. The summed E-state index contributed by atoms with van der Waals surface area (Å²) in [4.78, 5) is 22.6. The molecular weight excluding hydrogens is 446 g/mol. The molecule has 34 heavy (non-hydrogen) atoms. The van der Waals surface area contributed by atoms with Crippen LogP contribution in [-0.4, -0.2) is 32.6 Å². The maximum atomic E-state index is 13.4. The van der Waals surface area contributed by atoms with Gasteiger partial charge in [-0.3, -0.25) is 9.89 Å². The summed E-state index contributed by atoms with van der Waals surface area (Å²) in [5.41, 5.74) is 4.73. The predicted octanol–water partition coefficient (Wildman–Crippen LogP) is 3.91. The molecule has 1 atom stereocenters. The Kier molecular flexibility index (Phi) is 4.53. The maximum Gasteiger partial charge on any atom is 0.240 e. The van der Waals surface area contributed by atoms with Gasteiger partial charge in [0.25, 0.3) is 0 Å². The lowest BCUT2D eigenvalue weighted by molar-refractivity contribution is -0.121. The van der Waals surface area contributed by atoms with Crippen molar-refractivity contribution in [3.63, 3.8) is 0 Å². The summed E-state index contributed by atoms with van der Waals surface area (Å²) in [5.74, 6) is -0.876. The van der Waals surface area contributed by atoms with Gasteiger partial charge >= 0.3 is 0 Å². The molecule has 8 nitrogen and oxygen atoms in total. The van der Waals surface area contributed by atoms with Gasteiger partial charge in [-0.25, -0.2) is 9.98 Å². The van der Waals surface area contributed by atoms with Crippen molar-refractivity contribution in [3.8, 4) is 6.07 Å². The van der Waals surface area contributed by atoms with E-state index < -0.39 is 5.92 Å². The predicted molar refractivity (Wildman–Crippen MR) is 130 cm³/mol. The fourth-order valence-electron chi connectivity index (χ4n) is 4.29. The molecule has 0 bridgehead atoms. The number of carbonyl (C=O) groups is 1. The second-order valence-electron chi connectivity index (χ2n) is 7.82. The third-order valence-electron chi connectivity index (χ3n) is 5.86. The van der Waals surface area contributed by atoms with E-state index in [1.807, 2.05) is 29.7 Å². The van der Waals surface area contributed by atoms with Gasteiger partial charge < -0.3 is 10.7 Å². The van der Waals surface area contributed by atoms with E-state index in [4.69, 9.17) is 10.4 Å². The summed E-state index contributed by atoms with van der Waals surface area (Å²) in [6, 6.07) is 14.8. The van der Waals surface area contributed by atoms with E-state index in [0.29, 0.717) is 38.8 Å². The summed E-state index contributed by atoms with van der Waals surface area (Å²) in [5, 5.41) is 31.6. The Morgan fingerprint density at radius 2 is 2.06 bits per heavy atom. The van der Waals surface area contributed by atoms with E-state index in [2.05, 4.69) is 26.6 Å². The number of amides is 1. The van der Waals surface area contributed by atoms with Gasteiger partial charge in [0.1, 0.15) is 16.8 Å². The number of nitriles is 1. The van der Waals surface area contributed by atoms with Crippen LogP contribution < -0.4 is 5.32 Å². The van der Waals surface area contributed by atoms with Crippen molar-refractivity contribution < 1.29 is 4.79 Å². The van der Waals surface area contributed by atoms with Crippen LogP contribution >= 0.6 is 11.3 Å². The van der Waals surface area contributed by atoms with Gasteiger partial charge in [0.15, 0.2) is 0 Å². The number of fused-ring (bicyclic) bond motifs is 2. The first-order valence-electron chi connectivity index (χ1n) is 10.4. The second-order valence-corrected chi connectivity index (χ2v) is 8.71. The number of benzene rings is 2. The molecule has 1 unspecified atom stereocenters. The van der Waals surface area contributed by atoms with E-state index in [0.717, 1.165) is 16.5 Å². The van der Waals surface area contributed by atoms with Crippen LogP contribution in [-0.2, 0) is 4.79 Å². The zero-order chi connectivity index (χ0) is 23.2. The molecule has 162 valence electrons. The molecule has 0 spiro atoms. The number of aromatic nitrogens is 3. The van der Waals surface area contributed by atoms with Crippen LogP contribution in [0.2, 0.25) is 0 Å². The number of aromatic amines is 1. The Labute approximate surface area is 197 Å². The summed E-state index contributed by atoms with van der Waals surface area (Å²) in [7, 11) is 0. The minimum atomic E-state index is -0.885. The van der Waals surface area contributed by atoms with Gasteiger partial charge in [0.05, 0.1) is 34.8 Å². The first-order valence-corrected chi connectivity index (χ1v) is 11.3. The highest BCUT2D eigenvalue weighted by Crippen LogP contribution is 2.41. The number of hydrogen-bond donors (Lipinski definition) is 3. The smallest absolute Gasteiger partial charge is 0.240 e. The number of hydrogen-bond acceptors (Lipinski definition) is 7. The number of thiazole rings is 1. The molecule has 0 saturated carbocycles. The van der Waals surface area contributed by atoms with Gasteiger partial charge in [-0.05, 0) is 29.8 Å². The van der Waals surface area contributed by atoms with Crippen LogP contribution in [0.4, 0.5) is 0 Å². The van der Waals surface area contributed by atoms with Crippen molar-refractivity contribution in [2.75, 3.05) is 0 Å². The van der Waals surface area contributed by atoms with Crippen LogP contribution in [0, 0.1) is 22.7 Å². The number of amidine groups is 1. The summed E-state index contributed by atoms with van der Waals surface area (Å²) >= 11 is 1.45. The van der Waals surface area contributed by atoms with Gasteiger partial charge in [-0.15, -0.1) is 11.3 Å². The normalized spacial score (nSPS) is 17.7. The topological polar surface area (TPSA) is 131 Å². The average Bonchev–Trinajstić information content (AvgIpc) is 3.56. The highest BCUT2D eigenvalue weighted by molar-refractivity contribution is 7.10. The maximum absolute atomic E-state index is 13.4. The zero-order valence-corrected chi connectivity index (χ0v) is 18.4. The minimum Gasteiger partial charge on any atom is -0.309 e. The number of allylic oxidation sites excluding steroid dienone is 3. The molecule has 1 amide bonds. The fourth-order valence-corrected chi connectivity index (χ4v) is 4.95. The SMILES string of the molecule is N#Cc1cccc(C2=NC3=C(c4nccs4)C=C(c4cccc5[nH]ncc45)C(=N)C3C(=O)N2)c1. The van der Waals surface area contributed by atoms with E-state index in [1.54, 1.807) is 36.7 Å². The van der Waals surface area contributed by atoms with Crippen molar-refractivity contribution in [1.29, 1.82) is 10.7 Å². The van der Waals surface area contributed by atoms with Gasteiger partial charge in [-0.2, -0.15) is 10.4 Å². The highest BCUT2D eigenvalue weighted by Gasteiger charge is 2.40. The van der Waals surface area contributed by atoms with E-state index in [1.165, 1.54) is 11.3 Å². The minimum absolute atomic E-state index is 0.162. The Morgan fingerprint density at radius 3 is 2.88 bits per heavy atom. The summed E-state index contributed by atoms with van der Waals surface area (Å²) < 4.78 is 0. The van der Waals surface area contributed by atoms with Crippen molar-refractivity contribution >= 4 is 50.8 Å². The molecule has 0 radical (unpaired) electrons. The largest absolute Gasteiger partial charge is 0.309 e. The van der Waals surface area contributed by atoms with E-state index in [-0.39, 0.29) is 11.6 Å². The van der Waals surface area contributed by atoms with Crippen LogP contribution in [0.15, 0.2) is 77.0 Å². The van der Waals surface area contributed by atoms with Gasteiger partial charge in [0.2, 0.25) is 5.91 Å². The van der Waals surface area contributed by atoms with Crippen LogP contribution in [0.1, 0.15) is 21.7 Å². The quantitative estimate of drug-likeness (QED) is 0.427. The van der Waals surface area contributed by atoms with E-state index in [9.17, 15) is 10.1 Å². The second kappa shape index (κ2) is 7.72. The fraction of sp³-hybridized carbons (Fsp3) is 0.0400. The molecule has 3 N–H and O–H groups in total. The Hall–Kier alpha value is -4.68. The zero-order valence-electron chi connectivity index (χ0n) is 17.5. The number of nitrogens with one attached hydrogen (secondary N) is 3. The van der Waals surface area contributed by atoms with Crippen molar-refractivity contribution in [2.45, 2.75) is 0 Å². The molecule has 3 heterocycles. The number of rotatable bonds is 3. The molecular formula is C25H15N7OS. The lowest BCUT2D eigenvalue weighted by Crippen LogP contribution is -2.45. The summed E-state index contributed by atoms with van der Waals surface area (Å²) in [6.07, 6.45) is 5.32. The third-order valence-corrected chi connectivity index (χ3v) is 6.66. The molecule has 0 fully saturated rings. The molecule has 2 aliphatic rings. The molecule has 4 aromatic rings. The van der Waals surface area contributed by atoms with Crippen molar-refractivity contribution in [1.82, 2.24) is 20.5 Å². The standard InChI is InChI=1S/C25H15N7OS/c26-11-13-3-1-4-14(9-13)23-30-22-17(25-28-7-8-34-25)10-16(21(27)20(22)24(33)31-23)15-5-2-6-19-18(15)12-29-32-19/h1-10,12,20,27H,(H,29,32)(H,30,31,33). The summed E-state index contributed by atoms with van der Waals surface area (Å²) in [6.45, 7) is 0. The lowest BCUT2D eigenvalue weighted by atomic mass is 9.80. The van der Waals surface area contributed by atoms with Gasteiger partial charge in [0, 0.05) is 33.7 Å². The monoisotopic (exact) mass is 461 g/mol. The Bertz CT molecular complexity index is 1630. The first-order chi connectivity index (χ1) is 16.6. The number of H-pyrrole nitrogens is 1. The van der Waals surface area contributed by atoms with Crippen molar-refractivity contribution in [2.24, 2.45) is 10.9 Å². The molecule has 2 aromatic heterocycles.